The summed E-state index contributed by atoms with van der Waals surface area (Å²) in [6.07, 6.45) is 3.25. The van der Waals surface area contributed by atoms with Crippen molar-refractivity contribution in [3.63, 3.8) is 0 Å². The number of H-pyrrole nitrogens is 1. The molecular formula is C14H10N2O2. The summed E-state index contributed by atoms with van der Waals surface area (Å²) < 4.78 is 0. The molecule has 2 aromatic heterocycles. The van der Waals surface area contributed by atoms with Crippen LogP contribution in [0.3, 0.4) is 0 Å². The highest BCUT2D eigenvalue weighted by Crippen LogP contribution is 2.31. The van der Waals surface area contributed by atoms with Gasteiger partial charge in [-0.15, -0.1) is 0 Å². The SMILES string of the molecule is O=c1[nH]cc(-c2ccccn2)c2c(O)cccc12. The first-order valence-corrected chi connectivity index (χ1v) is 5.52. The van der Waals surface area contributed by atoms with Gasteiger partial charge in [0, 0.05) is 23.3 Å². The maximum atomic E-state index is 11.7. The molecule has 2 N–H and O–H groups in total. The molecule has 0 aliphatic rings. The Bertz CT molecular complexity index is 764. The van der Waals surface area contributed by atoms with Crippen molar-refractivity contribution < 1.29 is 5.11 Å². The van der Waals surface area contributed by atoms with Gasteiger partial charge in [0.15, 0.2) is 0 Å². The quantitative estimate of drug-likeness (QED) is 0.683. The fourth-order valence-electron chi connectivity index (χ4n) is 2.02. The Hall–Kier alpha value is -2.62. The van der Waals surface area contributed by atoms with E-state index in [1.165, 1.54) is 0 Å². The molecule has 2 heterocycles. The summed E-state index contributed by atoms with van der Waals surface area (Å²) in [5.41, 5.74) is 1.20. The fourth-order valence-corrected chi connectivity index (χ4v) is 2.02. The first-order chi connectivity index (χ1) is 8.77. The number of benzene rings is 1. The number of phenolic OH excluding ortho intramolecular Hbond substituents is 1. The van der Waals surface area contributed by atoms with Crippen LogP contribution in [-0.4, -0.2) is 15.1 Å². The van der Waals surface area contributed by atoms with E-state index in [1.54, 1.807) is 30.6 Å². The van der Waals surface area contributed by atoms with E-state index in [-0.39, 0.29) is 11.3 Å². The summed E-state index contributed by atoms with van der Waals surface area (Å²) >= 11 is 0. The third-order valence-electron chi connectivity index (χ3n) is 2.84. The lowest BCUT2D eigenvalue weighted by Gasteiger charge is -2.06. The van der Waals surface area contributed by atoms with Crippen LogP contribution in [0.1, 0.15) is 0 Å². The van der Waals surface area contributed by atoms with Gasteiger partial charge in [0.05, 0.1) is 11.1 Å². The number of hydrogen-bond donors (Lipinski definition) is 2. The number of aromatic nitrogens is 2. The summed E-state index contributed by atoms with van der Waals surface area (Å²) in [5, 5.41) is 10.9. The van der Waals surface area contributed by atoms with Gasteiger partial charge in [-0.05, 0) is 24.3 Å². The minimum atomic E-state index is -0.222. The topological polar surface area (TPSA) is 66.0 Å². The molecular weight excluding hydrogens is 228 g/mol. The number of aromatic hydroxyl groups is 1. The van der Waals surface area contributed by atoms with Crippen molar-refractivity contribution in [2.24, 2.45) is 0 Å². The number of fused-ring (bicyclic) bond motifs is 1. The Labute approximate surface area is 103 Å². The lowest BCUT2D eigenvalue weighted by atomic mass is 10.0. The van der Waals surface area contributed by atoms with Crippen LogP contribution in [-0.2, 0) is 0 Å². The molecule has 0 unspecified atom stereocenters. The Morgan fingerprint density at radius 3 is 2.78 bits per heavy atom. The molecule has 0 fully saturated rings. The highest BCUT2D eigenvalue weighted by molar-refractivity contribution is 5.99. The Morgan fingerprint density at radius 1 is 1.11 bits per heavy atom. The highest BCUT2D eigenvalue weighted by atomic mass is 16.3. The van der Waals surface area contributed by atoms with Crippen molar-refractivity contribution >= 4 is 10.8 Å². The second-order valence-corrected chi connectivity index (χ2v) is 3.95. The van der Waals surface area contributed by atoms with Gasteiger partial charge in [0.25, 0.3) is 5.56 Å². The van der Waals surface area contributed by atoms with Crippen molar-refractivity contribution in [1.82, 2.24) is 9.97 Å². The molecule has 0 aliphatic heterocycles. The second-order valence-electron chi connectivity index (χ2n) is 3.95. The number of nitrogens with one attached hydrogen (secondary N) is 1. The van der Waals surface area contributed by atoms with Crippen LogP contribution < -0.4 is 5.56 Å². The molecule has 0 bridgehead atoms. The van der Waals surface area contributed by atoms with Crippen LogP contribution in [0.4, 0.5) is 0 Å². The molecule has 0 saturated carbocycles. The van der Waals surface area contributed by atoms with E-state index in [2.05, 4.69) is 9.97 Å². The van der Waals surface area contributed by atoms with Gasteiger partial charge in [-0.25, -0.2) is 0 Å². The van der Waals surface area contributed by atoms with Gasteiger partial charge in [0.2, 0.25) is 0 Å². The lowest BCUT2D eigenvalue weighted by Crippen LogP contribution is -2.06. The molecule has 1 aromatic carbocycles. The van der Waals surface area contributed by atoms with E-state index < -0.39 is 0 Å². The zero-order valence-electron chi connectivity index (χ0n) is 9.42. The molecule has 4 heteroatoms. The fraction of sp³-hybridized carbons (Fsp3) is 0. The van der Waals surface area contributed by atoms with Crippen LogP contribution in [0.2, 0.25) is 0 Å². The number of hydrogen-bond acceptors (Lipinski definition) is 3. The lowest BCUT2D eigenvalue weighted by molar-refractivity contribution is 0.481. The molecule has 0 amide bonds. The van der Waals surface area contributed by atoms with Gasteiger partial charge in [-0.3, -0.25) is 9.78 Å². The first-order valence-electron chi connectivity index (χ1n) is 5.52. The summed E-state index contributed by atoms with van der Waals surface area (Å²) in [4.78, 5) is 18.6. The normalized spacial score (nSPS) is 10.7. The van der Waals surface area contributed by atoms with Crippen LogP contribution in [0.25, 0.3) is 22.0 Å². The average Bonchev–Trinajstić information content (AvgIpc) is 2.41. The molecule has 3 aromatic rings. The Morgan fingerprint density at radius 2 is 2.00 bits per heavy atom. The van der Waals surface area contributed by atoms with E-state index in [0.717, 1.165) is 0 Å². The van der Waals surface area contributed by atoms with Crippen LogP contribution in [0, 0.1) is 0 Å². The zero-order chi connectivity index (χ0) is 12.5. The minimum absolute atomic E-state index is 0.0826. The van der Waals surface area contributed by atoms with E-state index in [4.69, 9.17) is 0 Å². The van der Waals surface area contributed by atoms with Crippen molar-refractivity contribution in [2.75, 3.05) is 0 Å². The number of phenols is 1. The van der Waals surface area contributed by atoms with Crippen LogP contribution in [0.5, 0.6) is 5.75 Å². The molecule has 18 heavy (non-hydrogen) atoms. The molecule has 4 nitrogen and oxygen atoms in total. The van der Waals surface area contributed by atoms with Crippen LogP contribution >= 0.6 is 0 Å². The summed E-state index contributed by atoms with van der Waals surface area (Å²) in [6.45, 7) is 0. The van der Waals surface area contributed by atoms with Crippen molar-refractivity contribution in [2.45, 2.75) is 0 Å². The molecule has 88 valence electrons. The number of rotatable bonds is 1. The van der Waals surface area contributed by atoms with Crippen molar-refractivity contribution in [3.05, 3.63) is 59.1 Å². The van der Waals surface area contributed by atoms with Gasteiger partial charge in [-0.2, -0.15) is 0 Å². The Balaban J connectivity index is 2.45. The van der Waals surface area contributed by atoms with E-state index in [9.17, 15) is 9.90 Å². The van der Waals surface area contributed by atoms with E-state index >= 15 is 0 Å². The smallest absolute Gasteiger partial charge is 0.255 e. The van der Waals surface area contributed by atoms with Crippen molar-refractivity contribution in [1.29, 1.82) is 0 Å². The maximum Gasteiger partial charge on any atom is 0.255 e. The second kappa shape index (κ2) is 4.00. The monoisotopic (exact) mass is 238 g/mol. The Kier molecular flexibility index (Phi) is 2.34. The maximum absolute atomic E-state index is 11.7. The number of aromatic amines is 1. The average molecular weight is 238 g/mol. The first kappa shape index (κ1) is 10.5. The van der Waals surface area contributed by atoms with Crippen molar-refractivity contribution in [3.8, 4) is 17.0 Å². The van der Waals surface area contributed by atoms with Gasteiger partial charge < -0.3 is 10.1 Å². The molecule has 0 aliphatic carbocycles. The zero-order valence-corrected chi connectivity index (χ0v) is 9.42. The molecule has 0 radical (unpaired) electrons. The molecule has 0 atom stereocenters. The van der Waals surface area contributed by atoms with E-state index in [0.29, 0.717) is 22.0 Å². The summed E-state index contributed by atoms with van der Waals surface area (Å²) in [7, 11) is 0. The van der Waals surface area contributed by atoms with Gasteiger partial charge in [0.1, 0.15) is 5.75 Å². The number of pyridine rings is 2. The third kappa shape index (κ3) is 1.55. The standard InChI is InChI=1S/C14H10N2O2/c17-12-6-3-4-9-13(12)10(8-16-14(9)18)11-5-1-2-7-15-11/h1-8,17H,(H,16,18). The molecule has 0 spiro atoms. The van der Waals surface area contributed by atoms with Gasteiger partial charge in [-0.1, -0.05) is 12.1 Å². The molecule has 3 rings (SSSR count). The van der Waals surface area contributed by atoms with Gasteiger partial charge >= 0.3 is 0 Å². The predicted octanol–water partition coefficient (Wildman–Crippen LogP) is 2.30. The van der Waals surface area contributed by atoms with E-state index in [1.807, 2.05) is 18.2 Å². The third-order valence-corrected chi connectivity index (χ3v) is 2.84. The molecule has 0 saturated heterocycles. The highest BCUT2D eigenvalue weighted by Gasteiger charge is 2.10. The number of nitrogens with zero attached hydrogens (tertiary/aromatic N) is 1. The summed E-state index contributed by atoms with van der Waals surface area (Å²) in [5.74, 6) is 0.0826. The minimum Gasteiger partial charge on any atom is -0.507 e. The van der Waals surface area contributed by atoms with Crippen LogP contribution in [0.15, 0.2) is 53.6 Å². The predicted molar refractivity (Wildman–Crippen MR) is 69.5 cm³/mol. The summed E-state index contributed by atoms with van der Waals surface area (Å²) in [6, 6.07) is 10.4. The largest absolute Gasteiger partial charge is 0.507 e.